The van der Waals surface area contributed by atoms with Crippen LogP contribution in [-0.2, 0) is 35.2 Å². The highest BCUT2D eigenvalue weighted by molar-refractivity contribution is 5.96. The molecule has 0 spiro atoms. The van der Waals surface area contributed by atoms with Gasteiger partial charge in [-0.2, -0.15) is 0 Å². The molecule has 0 fully saturated rings. The van der Waals surface area contributed by atoms with Crippen LogP contribution in [0.25, 0.3) is 10.9 Å². The lowest BCUT2D eigenvalue weighted by molar-refractivity contribution is -0.145. The Labute approximate surface area is 222 Å². The predicted molar refractivity (Wildman–Crippen MR) is 136 cm³/mol. The van der Waals surface area contributed by atoms with Gasteiger partial charge in [0.2, 0.25) is 23.6 Å². The van der Waals surface area contributed by atoms with E-state index < -0.39 is 78.7 Å². The third kappa shape index (κ3) is 9.08. The van der Waals surface area contributed by atoms with E-state index in [9.17, 15) is 39.0 Å². The third-order valence-electron chi connectivity index (χ3n) is 5.82. The number of aliphatic hydroxyl groups is 1. The van der Waals surface area contributed by atoms with Gasteiger partial charge in [0.15, 0.2) is 6.04 Å². The number of para-hydroxylation sites is 1. The van der Waals surface area contributed by atoms with Crippen LogP contribution in [0.3, 0.4) is 0 Å². The number of carbonyl (C=O) groups excluding carboxylic acids is 4. The molecule has 0 aliphatic heterocycles. The molecule has 212 valence electrons. The summed E-state index contributed by atoms with van der Waals surface area (Å²) >= 11 is 0. The molecule has 0 aliphatic rings. The lowest BCUT2D eigenvalue weighted by atomic mass is 10.0. The summed E-state index contributed by atoms with van der Waals surface area (Å²) in [5, 5.41) is 35.5. The molecule has 0 saturated carbocycles. The van der Waals surface area contributed by atoms with Crippen molar-refractivity contribution < 1.29 is 44.1 Å². The minimum absolute atomic E-state index is 0.136. The number of primary amides is 1. The van der Waals surface area contributed by atoms with Crippen molar-refractivity contribution in [1.82, 2.24) is 20.9 Å². The number of hydrogen-bond acceptors (Lipinski definition) is 8. The van der Waals surface area contributed by atoms with E-state index in [1.54, 1.807) is 30.5 Å². The summed E-state index contributed by atoms with van der Waals surface area (Å²) < 4.78 is 0. The summed E-state index contributed by atoms with van der Waals surface area (Å²) in [6.45, 7) is 1.17. The van der Waals surface area contributed by atoms with E-state index in [0.717, 1.165) is 10.9 Å². The normalized spacial score (nSPS) is 14.8. The van der Waals surface area contributed by atoms with E-state index in [1.807, 2.05) is 0 Å². The van der Waals surface area contributed by atoms with Crippen LogP contribution >= 0.6 is 0 Å². The van der Waals surface area contributed by atoms with Gasteiger partial charge in [0.1, 0.15) is 12.1 Å². The van der Waals surface area contributed by atoms with Crippen molar-refractivity contribution in [2.24, 2.45) is 11.5 Å². The summed E-state index contributed by atoms with van der Waals surface area (Å²) in [5.41, 5.74) is 12.2. The number of carboxylic acids is 2. The van der Waals surface area contributed by atoms with Crippen LogP contribution in [0.2, 0.25) is 0 Å². The highest BCUT2D eigenvalue weighted by Gasteiger charge is 2.33. The molecule has 0 radical (unpaired) electrons. The Morgan fingerprint density at radius 3 is 2.15 bits per heavy atom. The van der Waals surface area contributed by atoms with Gasteiger partial charge in [-0.25, -0.2) is 4.79 Å². The first kappa shape index (κ1) is 30.7. The maximum atomic E-state index is 13.1. The number of carbonyl (C=O) groups is 6. The fraction of sp³-hybridized carbons (Fsp3) is 0.417. The zero-order valence-electron chi connectivity index (χ0n) is 21.0. The van der Waals surface area contributed by atoms with Gasteiger partial charge >= 0.3 is 11.9 Å². The minimum atomic E-state index is -1.69. The van der Waals surface area contributed by atoms with E-state index >= 15 is 0 Å². The predicted octanol–water partition coefficient (Wildman–Crippen LogP) is -2.30. The van der Waals surface area contributed by atoms with Crippen molar-refractivity contribution in [3.8, 4) is 0 Å². The second kappa shape index (κ2) is 13.9. The monoisotopic (exact) mass is 548 g/mol. The SMILES string of the molecule is CC(O)C(NC(=O)C(Cc1c[nH]c2ccccc12)NC(=O)C(CC(N)=O)NC(=O)C(N)CCC(=O)O)C(=O)O. The van der Waals surface area contributed by atoms with E-state index in [4.69, 9.17) is 16.6 Å². The van der Waals surface area contributed by atoms with Crippen LogP contribution in [-0.4, -0.2) is 86.1 Å². The van der Waals surface area contributed by atoms with Crippen molar-refractivity contribution >= 4 is 46.5 Å². The standard InChI is InChI=1S/C24H32N6O9/c1-11(31)20(24(38)39)30-23(37)16(8-12-10-27-15-5-3-2-4-13(12)15)29-22(36)17(9-18(26)32)28-21(35)14(25)6-7-19(33)34/h2-5,10-11,14,16-17,20,27,31H,6-9,25H2,1H3,(H2,26,32)(H,28,35)(H,29,36)(H,30,37)(H,33,34)(H,38,39). The Morgan fingerprint density at radius 1 is 0.949 bits per heavy atom. The molecule has 39 heavy (non-hydrogen) atoms. The van der Waals surface area contributed by atoms with Crippen LogP contribution in [0.4, 0.5) is 0 Å². The van der Waals surface area contributed by atoms with Crippen LogP contribution in [0, 0.1) is 0 Å². The number of carboxylic acid groups (broad SMARTS) is 2. The molecule has 1 aromatic heterocycles. The number of benzene rings is 1. The summed E-state index contributed by atoms with van der Waals surface area (Å²) in [6.07, 6.45) is -1.33. The van der Waals surface area contributed by atoms with Crippen molar-refractivity contribution in [3.05, 3.63) is 36.0 Å². The van der Waals surface area contributed by atoms with Crippen LogP contribution in [0.15, 0.2) is 30.5 Å². The number of nitrogens with one attached hydrogen (secondary N) is 4. The Kier molecular flexibility index (Phi) is 10.9. The van der Waals surface area contributed by atoms with Gasteiger partial charge in [-0.1, -0.05) is 18.2 Å². The van der Waals surface area contributed by atoms with Gasteiger partial charge in [0.05, 0.1) is 18.6 Å². The fourth-order valence-corrected chi connectivity index (χ4v) is 3.74. The molecule has 15 heteroatoms. The van der Waals surface area contributed by atoms with Crippen molar-refractivity contribution in [1.29, 1.82) is 0 Å². The Balaban J connectivity index is 2.31. The molecule has 5 unspecified atom stereocenters. The first-order valence-corrected chi connectivity index (χ1v) is 11.9. The average molecular weight is 549 g/mol. The summed E-state index contributed by atoms with van der Waals surface area (Å²) in [5.74, 6) is -6.54. The van der Waals surface area contributed by atoms with Crippen molar-refractivity contribution in [2.75, 3.05) is 0 Å². The Morgan fingerprint density at radius 2 is 1.56 bits per heavy atom. The fourth-order valence-electron chi connectivity index (χ4n) is 3.74. The summed E-state index contributed by atoms with van der Waals surface area (Å²) in [7, 11) is 0. The second-order valence-electron chi connectivity index (χ2n) is 8.96. The van der Waals surface area contributed by atoms with E-state index in [1.165, 1.54) is 6.92 Å². The lowest BCUT2D eigenvalue weighted by Gasteiger charge is -2.25. The number of aliphatic carboxylic acids is 2. The number of hydrogen-bond donors (Lipinski definition) is 9. The minimum Gasteiger partial charge on any atom is -0.481 e. The van der Waals surface area contributed by atoms with Crippen LogP contribution in [0.5, 0.6) is 0 Å². The molecule has 0 saturated heterocycles. The summed E-state index contributed by atoms with van der Waals surface area (Å²) in [4.78, 5) is 75.6. The van der Waals surface area contributed by atoms with Gasteiger partial charge in [-0.05, 0) is 25.0 Å². The second-order valence-corrected chi connectivity index (χ2v) is 8.96. The number of aromatic nitrogens is 1. The number of nitrogens with two attached hydrogens (primary N) is 2. The molecule has 1 aromatic carbocycles. The van der Waals surface area contributed by atoms with Gasteiger partial charge in [0.25, 0.3) is 0 Å². The number of amides is 4. The first-order valence-electron chi connectivity index (χ1n) is 11.9. The number of rotatable bonds is 15. The molecular formula is C24H32N6O9. The molecule has 15 nitrogen and oxygen atoms in total. The zero-order valence-corrected chi connectivity index (χ0v) is 21.0. The average Bonchev–Trinajstić information content (AvgIpc) is 3.26. The smallest absolute Gasteiger partial charge is 0.328 e. The Hall–Kier alpha value is -4.50. The quantitative estimate of drug-likeness (QED) is 0.115. The van der Waals surface area contributed by atoms with E-state index in [2.05, 4.69) is 20.9 Å². The number of aromatic amines is 1. The van der Waals surface area contributed by atoms with Gasteiger partial charge < -0.3 is 47.7 Å². The maximum Gasteiger partial charge on any atom is 0.328 e. The van der Waals surface area contributed by atoms with Crippen LogP contribution < -0.4 is 27.4 Å². The molecule has 4 amide bonds. The summed E-state index contributed by atoms with van der Waals surface area (Å²) in [6, 6.07) is 1.11. The molecule has 1 heterocycles. The molecular weight excluding hydrogens is 516 g/mol. The highest BCUT2D eigenvalue weighted by atomic mass is 16.4. The van der Waals surface area contributed by atoms with Crippen molar-refractivity contribution in [3.63, 3.8) is 0 Å². The number of H-pyrrole nitrogens is 1. The van der Waals surface area contributed by atoms with Gasteiger partial charge in [-0.15, -0.1) is 0 Å². The highest BCUT2D eigenvalue weighted by Crippen LogP contribution is 2.19. The van der Waals surface area contributed by atoms with E-state index in [0.29, 0.717) is 5.56 Å². The lowest BCUT2D eigenvalue weighted by Crippen LogP contribution is -2.59. The van der Waals surface area contributed by atoms with Crippen molar-refractivity contribution in [2.45, 2.75) is 62.9 Å². The molecule has 5 atom stereocenters. The van der Waals surface area contributed by atoms with Gasteiger partial charge in [-0.3, -0.25) is 24.0 Å². The van der Waals surface area contributed by atoms with Crippen LogP contribution in [0.1, 0.15) is 31.7 Å². The van der Waals surface area contributed by atoms with E-state index in [-0.39, 0.29) is 12.8 Å². The first-order chi connectivity index (χ1) is 18.3. The number of aliphatic hydroxyl groups excluding tert-OH is 1. The topological polar surface area (TPSA) is 267 Å². The number of fused-ring (bicyclic) bond motifs is 1. The molecule has 0 aliphatic carbocycles. The molecule has 11 N–H and O–H groups in total. The molecule has 0 bridgehead atoms. The Bertz CT molecular complexity index is 1230. The largest absolute Gasteiger partial charge is 0.481 e. The maximum absolute atomic E-state index is 13.1. The molecule has 2 rings (SSSR count). The molecule has 2 aromatic rings. The van der Waals surface area contributed by atoms with Gasteiger partial charge in [0, 0.05) is 29.9 Å². The third-order valence-corrected chi connectivity index (χ3v) is 5.82. The zero-order chi connectivity index (χ0) is 29.3.